The minimum absolute atomic E-state index is 0.757. The number of rotatable bonds is 7. The second kappa shape index (κ2) is 5.28. The smallest absolute Gasteiger partial charge is 0.0948 e. The van der Waals surface area contributed by atoms with Gasteiger partial charge in [0.05, 0.1) is 12.0 Å². The summed E-state index contributed by atoms with van der Waals surface area (Å²) >= 11 is 0. The van der Waals surface area contributed by atoms with Gasteiger partial charge in [-0.25, -0.2) is 4.98 Å². The number of nitrogens with zero attached hydrogens (tertiary/aromatic N) is 2. The van der Waals surface area contributed by atoms with Crippen LogP contribution < -0.4 is 5.32 Å². The van der Waals surface area contributed by atoms with Gasteiger partial charge >= 0.3 is 0 Å². The molecule has 0 aromatic carbocycles. The summed E-state index contributed by atoms with van der Waals surface area (Å²) in [5, 5.41) is 3.50. The molecule has 84 valence electrons. The van der Waals surface area contributed by atoms with E-state index < -0.39 is 0 Å². The monoisotopic (exact) mass is 209 g/mol. The van der Waals surface area contributed by atoms with Gasteiger partial charge in [0.2, 0.25) is 0 Å². The lowest BCUT2D eigenvalue weighted by atomic mass is 10.4. The van der Waals surface area contributed by atoms with Gasteiger partial charge in [-0.15, -0.1) is 0 Å². The molecule has 2 rings (SSSR count). The Labute approximate surface area is 90.6 Å². The second-order valence-corrected chi connectivity index (χ2v) is 4.08. The summed E-state index contributed by atoms with van der Waals surface area (Å²) in [5.41, 5.74) is 1.28. The van der Waals surface area contributed by atoms with Crippen molar-refractivity contribution < 1.29 is 4.74 Å². The molecule has 1 N–H and O–H groups in total. The Morgan fingerprint density at radius 2 is 2.47 bits per heavy atom. The molecule has 4 heteroatoms. The van der Waals surface area contributed by atoms with Crippen LogP contribution in [0.25, 0.3) is 0 Å². The Morgan fingerprint density at radius 1 is 1.60 bits per heavy atom. The molecule has 0 bridgehead atoms. The fourth-order valence-corrected chi connectivity index (χ4v) is 1.61. The summed E-state index contributed by atoms with van der Waals surface area (Å²) in [6.07, 6.45) is 7.56. The van der Waals surface area contributed by atoms with Crippen molar-refractivity contribution in [3.63, 3.8) is 0 Å². The number of aromatic nitrogens is 2. The maximum Gasteiger partial charge on any atom is 0.0948 e. The van der Waals surface area contributed by atoms with Crippen LogP contribution in [0.5, 0.6) is 0 Å². The van der Waals surface area contributed by atoms with Crippen LogP contribution in [-0.2, 0) is 17.8 Å². The van der Waals surface area contributed by atoms with Gasteiger partial charge in [0, 0.05) is 39.0 Å². The molecule has 0 radical (unpaired) electrons. The van der Waals surface area contributed by atoms with E-state index in [0.29, 0.717) is 0 Å². The summed E-state index contributed by atoms with van der Waals surface area (Å²) in [6, 6.07) is 0.757. The average Bonchev–Trinajstić information content (AvgIpc) is 2.97. The normalized spacial score (nSPS) is 15.8. The molecule has 15 heavy (non-hydrogen) atoms. The van der Waals surface area contributed by atoms with Crippen LogP contribution in [0.1, 0.15) is 25.0 Å². The third kappa shape index (κ3) is 3.32. The minimum atomic E-state index is 0.757. The third-order valence-electron chi connectivity index (χ3n) is 2.70. The zero-order chi connectivity index (χ0) is 10.5. The summed E-state index contributed by atoms with van der Waals surface area (Å²) in [7, 11) is 1.74. The van der Waals surface area contributed by atoms with Crippen LogP contribution in [0.3, 0.4) is 0 Å². The predicted molar refractivity (Wildman–Crippen MR) is 58.6 cm³/mol. The Balaban J connectivity index is 1.78. The number of hydrogen-bond donors (Lipinski definition) is 1. The summed E-state index contributed by atoms with van der Waals surface area (Å²) in [5.74, 6) is 0. The van der Waals surface area contributed by atoms with Crippen molar-refractivity contribution in [2.24, 2.45) is 0 Å². The second-order valence-electron chi connectivity index (χ2n) is 4.08. The lowest BCUT2D eigenvalue weighted by Crippen LogP contribution is -2.18. The van der Waals surface area contributed by atoms with Crippen LogP contribution >= 0.6 is 0 Å². The van der Waals surface area contributed by atoms with Gasteiger partial charge in [-0.1, -0.05) is 0 Å². The van der Waals surface area contributed by atoms with E-state index in [1.807, 2.05) is 12.5 Å². The molecule has 0 spiro atoms. The number of ether oxygens (including phenoxy) is 1. The first-order chi connectivity index (χ1) is 7.40. The predicted octanol–water partition coefficient (Wildman–Crippen LogP) is 1.17. The fourth-order valence-electron chi connectivity index (χ4n) is 1.61. The Hall–Kier alpha value is -0.870. The van der Waals surface area contributed by atoms with Crippen molar-refractivity contribution >= 4 is 0 Å². The molecular weight excluding hydrogens is 190 g/mol. The highest BCUT2D eigenvalue weighted by Gasteiger charge is 2.20. The van der Waals surface area contributed by atoms with Gasteiger partial charge in [-0.05, 0) is 19.3 Å². The molecule has 4 nitrogen and oxygen atoms in total. The standard InChI is InChI=1S/C11H19N3O/c1-15-6-2-5-14-9-12-7-11(14)8-13-10-3-4-10/h7,9-10,13H,2-6,8H2,1H3. The molecule has 1 saturated carbocycles. The molecule has 1 aliphatic carbocycles. The Kier molecular flexibility index (Phi) is 3.75. The first kappa shape index (κ1) is 10.6. The minimum Gasteiger partial charge on any atom is -0.385 e. The Bertz CT molecular complexity index is 294. The van der Waals surface area contributed by atoms with Crippen molar-refractivity contribution in [1.82, 2.24) is 14.9 Å². The zero-order valence-corrected chi connectivity index (χ0v) is 9.28. The lowest BCUT2D eigenvalue weighted by molar-refractivity contribution is 0.190. The number of imidazole rings is 1. The van der Waals surface area contributed by atoms with Crippen LogP contribution in [0, 0.1) is 0 Å². The first-order valence-electron chi connectivity index (χ1n) is 5.61. The van der Waals surface area contributed by atoms with Gasteiger partial charge in [0.1, 0.15) is 0 Å². The summed E-state index contributed by atoms with van der Waals surface area (Å²) < 4.78 is 7.24. The van der Waals surface area contributed by atoms with Gasteiger partial charge in [-0.2, -0.15) is 0 Å². The zero-order valence-electron chi connectivity index (χ0n) is 9.28. The van der Waals surface area contributed by atoms with E-state index in [0.717, 1.165) is 32.2 Å². The molecule has 1 fully saturated rings. The van der Waals surface area contributed by atoms with E-state index in [1.54, 1.807) is 7.11 Å². The van der Waals surface area contributed by atoms with Gasteiger partial charge in [0.25, 0.3) is 0 Å². The van der Waals surface area contributed by atoms with E-state index in [-0.39, 0.29) is 0 Å². The highest BCUT2D eigenvalue weighted by atomic mass is 16.5. The maximum atomic E-state index is 5.04. The van der Waals surface area contributed by atoms with E-state index in [9.17, 15) is 0 Å². The van der Waals surface area contributed by atoms with Crippen LogP contribution in [0.2, 0.25) is 0 Å². The molecule has 1 aromatic heterocycles. The summed E-state index contributed by atoms with van der Waals surface area (Å²) in [4.78, 5) is 4.18. The van der Waals surface area contributed by atoms with E-state index in [4.69, 9.17) is 4.74 Å². The average molecular weight is 209 g/mol. The third-order valence-corrected chi connectivity index (χ3v) is 2.70. The van der Waals surface area contributed by atoms with Crippen LogP contribution in [0.15, 0.2) is 12.5 Å². The van der Waals surface area contributed by atoms with E-state index in [2.05, 4.69) is 14.9 Å². The van der Waals surface area contributed by atoms with Crippen LogP contribution in [0.4, 0.5) is 0 Å². The van der Waals surface area contributed by atoms with Gasteiger partial charge < -0.3 is 14.6 Å². The topological polar surface area (TPSA) is 39.1 Å². The van der Waals surface area contributed by atoms with Gasteiger partial charge in [0.15, 0.2) is 0 Å². The molecule has 0 amide bonds. The molecule has 0 aliphatic heterocycles. The highest BCUT2D eigenvalue weighted by Crippen LogP contribution is 2.19. The molecule has 0 unspecified atom stereocenters. The SMILES string of the molecule is COCCCn1cncc1CNC1CC1. The summed E-state index contributed by atoms with van der Waals surface area (Å²) in [6.45, 7) is 2.75. The van der Waals surface area contributed by atoms with Crippen LogP contribution in [-0.4, -0.2) is 29.3 Å². The van der Waals surface area contributed by atoms with Crippen molar-refractivity contribution in [2.45, 2.75) is 38.4 Å². The molecule has 0 saturated heterocycles. The van der Waals surface area contributed by atoms with Gasteiger partial charge in [-0.3, -0.25) is 0 Å². The van der Waals surface area contributed by atoms with Crippen molar-refractivity contribution in [3.05, 3.63) is 18.2 Å². The fraction of sp³-hybridized carbons (Fsp3) is 0.727. The number of methoxy groups -OCH3 is 1. The molecule has 1 heterocycles. The quantitative estimate of drug-likeness (QED) is 0.685. The molecular formula is C11H19N3O. The molecule has 1 aliphatic rings. The number of aryl methyl sites for hydroxylation is 1. The van der Waals surface area contributed by atoms with Crippen molar-refractivity contribution in [3.8, 4) is 0 Å². The van der Waals surface area contributed by atoms with E-state index >= 15 is 0 Å². The first-order valence-corrected chi connectivity index (χ1v) is 5.61. The van der Waals surface area contributed by atoms with Crippen molar-refractivity contribution in [2.75, 3.05) is 13.7 Å². The number of hydrogen-bond acceptors (Lipinski definition) is 3. The Morgan fingerprint density at radius 3 is 3.20 bits per heavy atom. The maximum absolute atomic E-state index is 5.04. The lowest BCUT2D eigenvalue weighted by Gasteiger charge is -2.08. The number of nitrogens with one attached hydrogen (secondary N) is 1. The molecule has 0 atom stereocenters. The molecule has 1 aromatic rings. The highest BCUT2D eigenvalue weighted by molar-refractivity contribution is 4.99. The largest absolute Gasteiger partial charge is 0.385 e. The van der Waals surface area contributed by atoms with Crippen molar-refractivity contribution in [1.29, 1.82) is 0 Å². The van der Waals surface area contributed by atoms with E-state index in [1.165, 1.54) is 18.5 Å².